The van der Waals surface area contributed by atoms with Crippen molar-refractivity contribution in [1.29, 1.82) is 0 Å². The molecule has 0 bridgehead atoms. The summed E-state index contributed by atoms with van der Waals surface area (Å²) < 4.78 is 0. The molecule has 0 spiro atoms. The zero-order valence-electron chi connectivity index (χ0n) is 9.92. The number of hydrogen-bond donors (Lipinski definition) is 0. The van der Waals surface area contributed by atoms with Crippen molar-refractivity contribution in [3.05, 3.63) is 0 Å². The summed E-state index contributed by atoms with van der Waals surface area (Å²) in [6, 6.07) is 0. The van der Waals surface area contributed by atoms with Crippen LogP contribution in [0.15, 0.2) is 0 Å². The van der Waals surface area contributed by atoms with Crippen molar-refractivity contribution in [1.82, 2.24) is 0 Å². The van der Waals surface area contributed by atoms with Crippen LogP contribution in [0.4, 0.5) is 0 Å². The van der Waals surface area contributed by atoms with E-state index in [1.165, 1.54) is 12.8 Å². The van der Waals surface area contributed by atoms with Gasteiger partial charge in [0, 0.05) is 0 Å². The molecule has 0 heterocycles. The summed E-state index contributed by atoms with van der Waals surface area (Å²) in [5.74, 6) is 5.68. The predicted octanol–water partition coefficient (Wildman–Crippen LogP) is 4.10. The van der Waals surface area contributed by atoms with E-state index in [2.05, 4.69) is 20.8 Å². The standard InChI is InChI=1S/C14H24/c1-14(2,3)13-11-8-9-6-4-5-7-10(9)12(11)13/h9-13H,4-8H2,1-3H3. The fraction of sp³-hybridized carbons (Fsp3) is 1.00. The van der Waals surface area contributed by atoms with Gasteiger partial charge < -0.3 is 0 Å². The van der Waals surface area contributed by atoms with E-state index in [1.54, 1.807) is 19.3 Å². The Morgan fingerprint density at radius 1 is 0.929 bits per heavy atom. The summed E-state index contributed by atoms with van der Waals surface area (Å²) in [6.45, 7) is 7.36. The molecule has 0 heteroatoms. The molecular weight excluding hydrogens is 168 g/mol. The highest BCUT2D eigenvalue weighted by molar-refractivity contribution is 5.12. The molecule has 3 aliphatic rings. The maximum atomic E-state index is 2.45. The number of hydrogen-bond acceptors (Lipinski definition) is 0. The van der Waals surface area contributed by atoms with E-state index in [-0.39, 0.29) is 0 Å². The molecule has 0 nitrogen and oxygen atoms in total. The van der Waals surface area contributed by atoms with Crippen molar-refractivity contribution in [2.75, 3.05) is 0 Å². The molecular formula is C14H24. The van der Waals surface area contributed by atoms with Gasteiger partial charge in [0.2, 0.25) is 0 Å². The van der Waals surface area contributed by atoms with E-state index >= 15 is 0 Å². The van der Waals surface area contributed by atoms with Gasteiger partial charge in [-0.25, -0.2) is 0 Å². The van der Waals surface area contributed by atoms with Crippen molar-refractivity contribution in [3.63, 3.8) is 0 Å². The summed E-state index contributed by atoms with van der Waals surface area (Å²) in [7, 11) is 0. The summed E-state index contributed by atoms with van der Waals surface area (Å²) in [5, 5.41) is 0. The maximum Gasteiger partial charge on any atom is -0.0300 e. The van der Waals surface area contributed by atoms with Crippen molar-refractivity contribution in [2.45, 2.75) is 52.9 Å². The zero-order chi connectivity index (χ0) is 9.92. The molecule has 0 N–H and O–H groups in total. The smallest absolute Gasteiger partial charge is 0.0300 e. The highest BCUT2D eigenvalue weighted by Crippen LogP contribution is 2.70. The maximum absolute atomic E-state index is 2.45. The van der Waals surface area contributed by atoms with E-state index in [0.717, 1.165) is 29.6 Å². The van der Waals surface area contributed by atoms with Crippen LogP contribution < -0.4 is 0 Å². The lowest BCUT2D eigenvalue weighted by atomic mass is 9.73. The fourth-order valence-corrected chi connectivity index (χ4v) is 4.89. The van der Waals surface area contributed by atoms with Gasteiger partial charge in [-0.05, 0) is 47.8 Å². The minimum atomic E-state index is 0.595. The van der Waals surface area contributed by atoms with Gasteiger partial charge in [-0.2, -0.15) is 0 Å². The van der Waals surface area contributed by atoms with Crippen LogP contribution in [0, 0.1) is 35.0 Å². The van der Waals surface area contributed by atoms with E-state index < -0.39 is 0 Å². The molecule has 3 saturated carbocycles. The van der Waals surface area contributed by atoms with Gasteiger partial charge in [-0.1, -0.05) is 40.0 Å². The molecule has 5 atom stereocenters. The van der Waals surface area contributed by atoms with Gasteiger partial charge in [0.1, 0.15) is 0 Å². The first-order chi connectivity index (χ1) is 6.59. The average molecular weight is 192 g/mol. The lowest BCUT2D eigenvalue weighted by Crippen LogP contribution is -2.23. The highest BCUT2D eigenvalue weighted by Gasteiger charge is 2.64. The van der Waals surface area contributed by atoms with E-state index in [1.807, 2.05) is 0 Å². The Labute approximate surface area is 88.5 Å². The minimum absolute atomic E-state index is 0.595. The second-order valence-electron chi connectivity index (χ2n) is 7.08. The van der Waals surface area contributed by atoms with Crippen LogP contribution in [-0.2, 0) is 0 Å². The van der Waals surface area contributed by atoms with Gasteiger partial charge in [0.05, 0.1) is 0 Å². The molecule has 3 rings (SSSR count). The van der Waals surface area contributed by atoms with Crippen LogP contribution in [-0.4, -0.2) is 0 Å². The molecule has 3 aliphatic carbocycles. The van der Waals surface area contributed by atoms with E-state index in [9.17, 15) is 0 Å². The van der Waals surface area contributed by atoms with Crippen molar-refractivity contribution in [3.8, 4) is 0 Å². The topological polar surface area (TPSA) is 0 Å². The quantitative estimate of drug-likeness (QED) is 0.542. The predicted molar refractivity (Wildman–Crippen MR) is 60.0 cm³/mol. The van der Waals surface area contributed by atoms with Gasteiger partial charge in [-0.15, -0.1) is 0 Å². The van der Waals surface area contributed by atoms with E-state index in [4.69, 9.17) is 0 Å². The Morgan fingerprint density at radius 3 is 2.36 bits per heavy atom. The van der Waals surface area contributed by atoms with Crippen molar-refractivity contribution < 1.29 is 0 Å². The lowest BCUT2D eigenvalue weighted by molar-refractivity contribution is 0.181. The van der Waals surface area contributed by atoms with Gasteiger partial charge in [0.25, 0.3) is 0 Å². The largest absolute Gasteiger partial charge is 0.0599 e. The Hall–Kier alpha value is 0. The summed E-state index contributed by atoms with van der Waals surface area (Å²) in [6.07, 6.45) is 7.78. The molecule has 0 aromatic carbocycles. The third-order valence-electron chi connectivity index (χ3n) is 5.27. The molecule has 0 aromatic rings. The molecule has 0 saturated heterocycles. The van der Waals surface area contributed by atoms with Gasteiger partial charge in [-0.3, -0.25) is 0 Å². The second kappa shape index (κ2) is 2.77. The highest BCUT2D eigenvalue weighted by atomic mass is 14.7. The molecule has 3 fully saturated rings. The first kappa shape index (κ1) is 9.24. The van der Waals surface area contributed by atoms with Crippen LogP contribution in [0.5, 0.6) is 0 Å². The van der Waals surface area contributed by atoms with Crippen LogP contribution in [0.2, 0.25) is 0 Å². The Bertz CT molecular complexity index is 235. The number of rotatable bonds is 0. The summed E-state index contributed by atoms with van der Waals surface area (Å²) in [5.41, 5.74) is 0.595. The van der Waals surface area contributed by atoms with E-state index in [0.29, 0.717) is 5.41 Å². The first-order valence-electron chi connectivity index (χ1n) is 6.59. The SMILES string of the molecule is CC(C)(C)C1C2CC3CCCCC3C21. The second-order valence-corrected chi connectivity index (χ2v) is 7.08. The molecule has 0 radical (unpaired) electrons. The minimum Gasteiger partial charge on any atom is -0.0599 e. The Morgan fingerprint density at radius 2 is 1.64 bits per heavy atom. The molecule has 0 aromatic heterocycles. The van der Waals surface area contributed by atoms with Crippen molar-refractivity contribution >= 4 is 0 Å². The van der Waals surface area contributed by atoms with Crippen LogP contribution in [0.1, 0.15) is 52.9 Å². The normalized spacial score (nSPS) is 51.2. The van der Waals surface area contributed by atoms with Crippen LogP contribution in [0.3, 0.4) is 0 Å². The van der Waals surface area contributed by atoms with Gasteiger partial charge in [0.15, 0.2) is 0 Å². The Kier molecular flexibility index (Phi) is 1.83. The lowest BCUT2D eigenvalue weighted by Gasteiger charge is -2.32. The average Bonchev–Trinajstić information content (AvgIpc) is 2.71. The number of fused-ring (bicyclic) bond motifs is 3. The third-order valence-corrected chi connectivity index (χ3v) is 5.27. The summed E-state index contributed by atoms with van der Waals surface area (Å²) >= 11 is 0. The summed E-state index contributed by atoms with van der Waals surface area (Å²) in [4.78, 5) is 0. The molecule has 5 unspecified atom stereocenters. The Balaban J connectivity index is 1.73. The molecule has 0 aliphatic heterocycles. The van der Waals surface area contributed by atoms with Gasteiger partial charge >= 0.3 is 0 Å². The molecule has 14 heavy (non-hydrogen) atoms. The molecule has 0 amide bonds. The zero-order valence-corrected chi connectivity index (χ0v) is 9.92. The van der Waals surface area contributed by atoms with Crippen LogP contribution in [0.25, 0.3) is 0 Å². The molecule has 80 valence electrons. The van der Waals surface area contributed by atoms with Crippen molar-refractivity contribution in [2.24, 2.45) is 35.0 Å². The first-order valence-corrected chi connectivity index (χ1v) is 6.59. The van der Waals surface area contributed by atoms with Crippen LogP contribution >= 0.6 is 0 Å². The fourth-order valence-electron chi connectivity index (χ4n) is 4.89. The monoisotopic (exact) mass is 192 g/mol. The third kappa shape index (κ3) is 1.19.